The molecular weight excluding hydrogens is 256 g/mol. The van der Waals surface area contributed by atoms with Crippen molar-refractivity contribution in [1.29, 1.82) is 0 Å². The molecule has 0 saturated heterocycles. The van der Waals surface area contributed by atoms with Crippen molar-refractivity contribution in [2.75, 3.05) is 0 Å². The lowest BCUT2D eigenvalue weighted by Crippen LogP contribution is -2.01. The number of imidazole rings is 1. The Kier molecular flexibility index (Phi) is 2.87. The van der Waals surface area contributed by atoms with Gasteiger partial charge >= 0.3 is 5.97 Å². The monoisotopic (exact) mass is 268 g/mol. The molecule has 0 atom stereocenters. The van der Waals surface area contributed by atoms with E-state index >= 15 is 0 Å². The molecular formula is C15H12N2O3. The average molecular weight is 268 g/mol. The third-order valence-corrected chi connectivity index (χ3v) is 3.22. The third-order valence-electron chi connectivity index (χ3n) is 3.22. The number of carboxylic acid groups (broad SMARTS) is 1. The zero-order valence-electron chi connectivity index (χ0n) is 10.5. The number of aromatic hydroxyl groups is 1. The van der Waals surface area contributed by atoms with Crippen LogP contribution in [0.25, 0.3) is 5.52 Å². The zero-order chi connectivity index (χ0) is 14.1. The van der Waals surface area contributed by atoms with E-state index < -0.39 is 5.97 Å². The van der Waals surface area contributed by atoms with Crippen LogP contribution in [0.3, 0.4) is 0 Å². The van der Waals surface area contributed by atoms with Gasteiger partial charge in [0.15, 0.2) is 0 Å². The van der Waals surface area contributed by atoms with E-state index in [1.54, 1.807) is 41.1 Å². The molecule has 0 amide bonds. The highest BCUT2D eigenvalue weighted by Crippen LogP contribution is 2.21. The highest BCUT2D eigenvalue weighted by atomic mass is 16.4. The Bertz CT molecular complexity index is 793. The van der Waals surface area contributed by atoms with Crippen molar-refractivity contribution in [3.63, 3.8) is 0 Å². The number of para-hydroxylation sites is 1. The van der Waals surface area contributed by atoms with Gasteiger partial charge in [-0.05, 0) is 18.2 Å². The van der Waals surface area contributed by atoms with Crippen LogP contribution >= 0.6 is 0 Å². The first-order valence-electron chi connectivity index (χ1n) is 6.12. The number of hydrogen-bond donors (Lipinski definition) is 2. The number of benzene rings is 1. The Morgan fingerprint density at radius 3 is 2.75 bits per heavy atom. The third kappa shape index (κ3) is 1.99. The van der Waals surface area contributed by atoms with E-state index in [9.17, 15) is 9.90 Å². The fraction of sp³-hybridized carbons (Fsp3) is 0.0667. The molecule has 2 aromatic heterocycles. The molecule has 5 heteroatoms. The lowest BCUT2D eigenvalue weighted by atomic mass is 10.1. The summed E-state index contributed by atoms with van der Waals surface area (Å²) in [6.45, 7) is 0. The molecule has 0 unspecified atom stereocenters. The summed E-state index contributed by atoms with van der Waals surface area (Å²) in [5.74, 6) is -0.0900. The number of phenolic OH excluding ortho intramolecular Hbond substituents is 1. The number of nitrogens with zero attached hydrogens (tertiary/aromatic N) is 2. The molecule has 0 bridgehead atoms. The molecule has 0 radical (unpaired) electrons. The lowest BCUT2D eigenvalue weighted by Gasteiger charge is -2.05. The maximum atomic E-state index is 11.2. The summed E-state index contributed by atoms with van der Waals surface area (Å²) >= 11 is 0. The van der Waals surface area contributed by atoms with Gasteiger partial charge in [-0.15, -0.1) is 0 Å². The van der Waals surface area contributed by atoms with Gasteiger partial charge in [0, 0.05) is 18.2 Å². The molecule has 2 N–H and O–H groups in total. The van der Waals surface area contributed by atoms with Gasteiger partial charge in [0.2, 0.25) is 0 Å². The first-order chi connectivity index (χ1) is 9.66. The van der Waals surface area contributed by atoms with E-state index in [4.69, 9.17) is 5.11 Å². The van der Waals surface area contributed by atoms with Gasteiger partial charge in [-0.2, -0.15) is 0 Å². The zero-order valence-corrected chi connectivity index (χ0v) is 10.5. The predicted octanol–water partition coefficient (Wildman–Crippen LogP) is 2.33. The first-order valence-corrected chi connectivity index (χ1v) is 6.12. The van der Waals surface area contributed by atoms with E-state index in [0.717, 1.165) is 5.56 Å². The fourth-order valence-corrected chi connectivity index (χ4v) is 2.22. The van der Waals surface area contributed by atoms with Crippen LogP contribution in [0.1, 0.15) is 21.7 Å². The van der Waals surface area contributed by atoms with Crippen molar-refractivity contribution in [3.8, 4) is 5.75 Å². The van der Waals surface area contributed by atoms with Gasteiger partial charge in [0.25, 0.3) is 0 Å². The minimum absolute atomic E-state index is 0.207. The number of carbonyl (C=O) groups is 1. The lowest BCUT2D eigenvalue weighted by molar-refractivity contribution is 0.0698. The molecule has 0 fully saturated rings. The highest BCUT2D eigenvalue weighted by molar-refractivity contribution is 5.95. The smallest absolute Gasteiger partial charge is 0.337 e. The second-order valence-electron chi connectivity index (χ2n) is 4.46. The van der Waals surface area contributed by atoms with Crippen molar-refractivity contribution in [2.24, 2.45) is 0 Å². The molecule has 2 heterocycles. The Morgan fingerprint density at radius 1 is 1.20 bits per heavy atom. The second kappa shape index (κ2) is 4.70. The number of pyridine rings is 1. The second-order valence-corrected chi connectivity index (χ2v) is 4.46. The van der Waals surface area contributed by atoms with Crippen LogP contribution in [0.2, 0.25) is 0 Å². The van der Waals surface area contributed by atoms with E-state index in [2.05, 4.69) is 4.98 Å². The molecule has 5 nitrogen and oxygen atoms in total. The maximum Gasteiger partial charge on any atom is 0.337 e. The number of carboxylic acids is 1. The number of rotatable bonds is 3. The molecule has 3 aromatic rings. The Hall–Kier alpha value is -2.82. The number of aromatic carboxylic acids is 1. The van der Waals surface area contributed by atoms with Crippen LogP contribution < -0.4 is 0 Å². The largest absolute Gasteiger partial charge is 0.508 e. The number of fused-ring (bicyclic) bond motifs is 1. The molecule has 0 aliphatic carbocycles. The predicted molar refractivity (Wildman–Crippen MR) is 73.1 cm³/mol. The SMILES string of the molecule is O=C(O)c1cccn2c(Cc3ccccc3O)ncc12. The minimum atomic E-state index is -0.982. The van der Waals surface area contributed by atoms with Crippen molar-refractivity contribution in [3.05, 3.63) is 65.7 Å². The van der Waals surface area contributed by atoms with Crippen LogP contribution in [0.4, 0.5) is 0 Å². The van der Waals surface area contributed by atoms with Crippen molar-refractivity contribution in [2.45, 2.75) is 6.42 Å². The summed E-state index contributed by atoms with van der Waals surface area (Å²) in [7, 11) is 0. The van der Waals surface area contributed by atoms with E-state index in [0.29, 0.717) is 17.8 Å². The molecule has 0 aliphatic rings. The van der Waals surface area contributed by atoms with Crippen molar-refractivity contribution >= 4 is 11.5 Å². The van der Waals surface area contributed by atoms with Gasteiger partial charge in [0.05, 0.1) is 17.3 Å². The first kappa shape index (κ1) is 12.2. The summed E-state index contributed by atoms with van der Waals surface area (Å²) in [6.07, 6.45) is 3.74. The number of hydrogen-bond acceptors (Lipinski definition) is 3. The number of aromatic nitrogens is 2. The summed E-state index contributed by atoms with van der Waals surface area (Å²) in [4.78, 5) is 15.4. The van der Waals surface area contributed by atoms with E-state index in [-0.39, 0.29) is 11.3 Å². The van der Waals surface area contributed by atoms with Crippen LogP contribution in [-0.4, -0.2) is 25.6 Å². The molecule has 0 spiro atoms. The molecule has 100 valence electrons. The van der Waals surface area contributed by atoms with Gasteiger partial charge < -0.3 is 14.6 Å². The summed E-state index contributed by atoms with van der Waals surface area (Å²) in [5.41, 5.74) is 1.51. The van der Waals surface area contributed by atoms with Gasteiger partial charge in [-0.3, -0.25) is 0 Å². The van der Waals surface area contributed by atoms with E-state index in [1.807, 2.05) is 12.1 Å². The molecule has 0 saturated carbocycles. The Labute approximate surface area is 114 Å². The normalized spacial score (nSPS) is 10.8. The molecule has 1 aromatic carbocycles. The Balaban J connectivity index is 2.08. The Morgan fingerprint density at radius 2 is 2.00 bits per heavy atom. The fourth-order valence-electron chi connectivity index (χ4n) is 2.22. The van der Waals surface area contributed by atoms with Gasteiger partial charge in [-0.1, -0.05) is 18.2 Å². The maximum absolute atomic E-state index is 11.2. The van der Waals surface area contributed by atoms with Crippen molar-refractivity contribution in [1.82, 2.24) is 9.38 Å². The number of phenols is 1. The van der Waals surface area contributed by atoms with Gasteiger partial charge in [0.1, 0.15) is 11.6 Å². The van der Waals surface area contributed by atoms with Crippen LogP contribution in [0.15, 0.2) is 48.8 Å². The summed E-state index contributed by atoms with van der Waals surface area (Å²) in [5, 5.41) is 18.9. The quantitative estimate of drug-likeness (QED) is 0.764. The summed E-state index contributed by atoms with van der Waals surface area (Å²) in [6, 6.07) is 10.2. The van der Waals surface area contributed by atoms with Crippen LogP contribution in [0, 0.1) is 0 Å². The van der Waals surface area contributed by atoms with Crippen molar-refractivity contribution < 1.29 is 15.0 Å². The average Bonchev–Trinajstić information content (AvgIpc) is 2.84. The van der Waals surface area contributed by atoms with Crippen LogP contribution in [0.5, 0.6) is 5.75 Å². The molecule has 0 aliphatic heterocycles. The highest BCUT2D eigenvalue weighted by Gasteiger charge is 2.13. The standard InChI is InChI=1S/C15H12N2O3/c18-13-6-2-1-4-10(13)8-14-16-9-12-11(15(19)20)5-3-7-17(12)14/h1-7,9,18H,8H2,(H,19,20). The van der Waals surface area contributed by atoms with Crippen LogP contribution in [-0.2, 0) is 6.42 Å². The van der Waals surface area contributed by atoms with E-state index in [1.165, 1.54) is 0 Å². The minimum Gasteiger partial charge on any atom is -0.508 e. The summed E-state index contributed by atoms with van der Waals surface area (Å²) < 4.78 is 1.73. The molecule has 3 rings (SSSR count). The van der Waals surface area contributed by atoms with Gasteiger partial charge in [-0.25, -0.2) is 9.78 Å². The molecule has 20 heavy (non-hydrogen) atoms. The topological polar surface area (TPSA) is 74.8 Å².